The molecule has 0 saturated carbocycles. The molecule has 0 spiro atoms. The highest BCUT2D eigenvalue weighted by Crippen LogP contribution is 2.30. The number of nitrogens with zero attached hydrogens (tertiary/aromatic N) is 4. The Morgan fingerprint density at radius 1 is 1.07 bits per heavy atom. The zero-order valence-corrected chi connectivity index (χ0v) is 23.9. The number of allylic oxidation sites excluding steroid dienone is 3. The quantitative estimate of drug-likeness (QED) is 0.266. The lowest BCUT2D eigenvalue weighted by molar-refractivity contribution is -0.114. The van der Waals surface area contributed by atoms with E-state index in [9.17, 15) is 28.3 Å². The molecule has 2 aliphatic rings. The molecule has 0 bridgehead atoms. The van der Waals surface area contributed by atoms with Crippen molar-refractivity contribution >= 4 is 63.6 Å². The summed E-state index contributed by atoms with van der Waals surface area (Å²) in [6.07, 6.45) is 2.24. The highest BCUT2D eigenvalue weighted by molar-refractivity contribution is 6.42. The SMILES string of the molecule is O=C1N=C(C(CNC(=O)c2ccc(-n3cnc4cc(C(=O)O)ccc43)cc2Cl)c2cccc(F)c2)N=C2C1=C(Cl)C=CC2F. The van der Waals surface area contributed by atoms with Crippen molar-refractivity contribution in [1.82, 2.24) is 14.9 Å². The number of alkyl halides is 1. The maximum Gasteiger partial charge on any atom is 0.335 e. The molecule has 1 aliphatic heterocycles. The van der Waals surface area contributed by atoms with Gasteiger partial charge < -0.3 is 10.4 Å². The Bertz CT molecular complexity index is 2020. The van der Waals surface area contributed by atoms with E-state index in [4.69, 9.17) is 23.2 Å². The number of rotatable bonds is 7. The largest absolute Gasteiger partial charge is 0.478 e. The molecule has 220 valence electrons. The number of carbonyl (C=O) groups is 3. The third kappa shape index (κ3) is 5.43. The molecule has 2 amide bonds. The van der Waals surface area contributed by atoms with Crippen molar-refractivity contribution in [2.75, 3.05) is 6.54 Å². The lowest BCUT2D eigenvalue weighted by atomic mass is 9.94. The number of carboxylic acids is 1. The second-order valence-corrected chi connectivity index (χ2v) is 10.7. The summed E-state index contributed by atoms with van der Waals surface area (Å²) in [5.74, 6) is -4.03. The van der Waals surface area contributed by atoms with E-state index in [0.717, 1.165) is 6.08 Å². The van der Waals surface area contributed by atoms with Gasteiger partial charge in [-0.2, -0.15) is 4.99 Å². The number of hydrogen-bond acceptors (Lipinski definition) is 5. The number of amides is 2. The summed E-state index contributed by atoms with van der Waals surface area (Å²) in [6.45, 7) is -0.180. The van der Waals surface area contributed by atoms with Gasteiger partial charge >= 0.3 is 5.97 Å². The summed E-state index contributed by atoms with van der Waals surface area (Å²) < 4.78 is 30.6. The van der Waals surface area contributed by atoms with Crippen molar-refractivity contribution in [3.8, 4) is 5.69 Å². The van der Waals surface area contributed by atoms with Gasteiger partial charge in [0.25, 0.3) is 11.8 Å². The monoisotopic (exact) mass is 633 g/mol. The standard InChI is InChI=1S/C31H19Cl2F2N5O4/c32-21-7-8-23(35)27-26(21)30(42)39-28(38-27)20(15-2-1-3-17(34)10-15)13-36-29(41)19-6-5-18(12-22(19)33)40-14-37-24-11-16(31(43)44)4-9-25(24)40/h1-12,14,20,23H,13H2,(H,36,41)(H,43,44). The Labute approximate surface area is 257 Å². The summed E-state index contributed by atoms with van der Waals surface area (Å²) in [6, 6.07) is 14.7. The molecule has 2 unspecified atom stereocenters. The number of halogens is 4. The second-order valence-electron chi connectivity index (χ2n) is 9.86. The number of benzene rings is 3. The Balaban J connectivity index is 1.27. The number of amidine groups is 1. The molecule has 2 atom stereocenters. The molecule has 4 aromatic rings. The first-order chi connectivity index (χ1) is 21.1. The van der Waals surface area contributed by atoms with Crippen LogP contribution in [-0.2, 0) is 4.79 Å². The Morgan fingerprint density at radius 3 is 2.64 bits per heavy atom. The van der Waals surface area contributed by atoms with Crippen LogP contribution in [0.1, 0.15) is 32.2 Å². The first-order valence-corrected chi connectivity index (χ1v) is 13.8. The summed E-state index contributed by atoms with van der Waals surface area (Å²) >= 11 is 12.6. The van der Waals surface area contributed by atoms with Crippen molar-refractivity contribution in [2.24, 2.45) is 9.98 Å². The molecule has 3 aromatic carbocycles. The fraction of sp³-hybridized carbons (Fsp3) is 0.0968. The molecule has 0 fully saturated rings. The van der Waals surface area contributed by atoms with Crippen LogP contribution in [-0.4, -0.2) is 56.7 Å². The van der Waals surface area contributed by atoms with Gasteiger partial charge in [0.05, 0.1) is 49.4 Å². The maximum atomic E-state index is 14.7. The number of fused-ring (bicyclic) bond motifs is 2. The number of aromatic carboxylic acids is 1. The van der Waals surface area contributed by atoms with Gasteiger partial charge in [-0.25, -0.2) is 23.6 Å². The number of aromatic nitrogens is 2. The number of aliphatic imine (C=N–C) groups is 2. The molecule has 9 nitrogen and oxygen atoms in total. The number of carbonyl (C=O) groups excluding carboxylic acids is 2. The minimum atomic E-state index is -1.70. The van der Waals surface area contributed by atoms with Crippen molar-refractivity contribution in [3.63, 3.8) is 0 Å². The molecule has 44 heavy (non-hydrogen) atoms. The van der Waals surface area contributed by atoms with Crippen LogP contribution in [0.4, 0.5) is 8.78 Å². The molecule has 2 N–H and O–H groups in total. The first-order valence-electron chi connectivity index (χ1n) is 13.1. The molecular formula is C31H19Cl2F2N5O4. The second kappa shape index (κ2) is 11.6. The lowest BCUT2D eigenvalue weighted by Crippen LogP contribution is -2.35. The minimum absolute atomic E-state index is 0.00727. The molecule has 2 heterocycles. The van der Waals surface area contributed by atoms with Gasteiger partial charge in [-0.05, 0) is 66.2 Å². The van der Waals surface area contributed by atoms with Gasteiger partial charge in [-0.3, -0.25) is 14.2 Å². The third-order valence-electron chi connectivity index (χ3n) is 7.13. The summed E-state index contributed by atoms with van der Waals surface area (Å²) in [5, 5.41) is 12.1. The average molecular weight is 634 g/mol. The average Bonchev–Trinajstić information content (AvgIpc) is 3.42. The van der Waals surface area contributed by atoms with Gasteiger partial charge in [0.2, 0.25) is 0 Å². The van der Waals surface area contributed by atoms with Crippen LogP contribution in [0, 0.1) is 5.82 Å². The molecule has 0 radical (unpaired) electrons. The topological polar surface area (TPSA) is 126 Å². The summed E-state index contributed by atoms with van der Waals surface area (Å²) in [7, 11) is 0. The van der Waals surface area contributed by atoms with E-state index in [1.54, 1.807) is 28.8 Å². The van der Waals surface area contributed by atoms with E-state index in [2.05, 4.69) is 20.3 Å². The molecule has 13 heteroatoms. The van der Waals surface area contributed by atoms with Gasteiger partial charge in [-0.15, -0.1) is 0 Å². The molecule has 6 rings (SSSR count). The van der Waals surface area contributed by atoms with Crippen LogP contribution in [0.25, 0.3) is 16.7 Å². The van der Waals surface area contributed by atoms with E-state index in [1.807, 2.05) is 0 Å². The summed E-state index contributed by atoms with van der Waals surface area (Å²) in [4.78, 5) is 49.9. The predicted molar refractivity (Wildman–Crippen MR) is 161 cm³/mol. The number of imidazole rings is 1. The fourth-order valence-corrected chi connectivity index (χ4v) is 5.47. The Kier molecular flexibility index (Phi) is 7.66. The fourth-order valence-electron chi connectivity index (χ4n) is 4.96. The number of nitrogens with one attached hydrogen (secondary N) is 1. The Morgan fingerprint density at radius 2 is 1.89 bits per heavy atom. The highest BCUT2D eigenvalue weighted by atomic mass is 35.5. The van der Waals surface area contributed by atoms with E-state index in [1.165, 1.54) is 48.8 Å². The lowest BCUT2D eigenvalue weighted by Gasteiger charge is -2.24. The van der Waals surface area contributed by atoms with Crippen LogP contribution < -0.4 is 5.32 Å². The number of carboxylic acid groups (broad SMARTS) is 1. The third-order valence-corrected chi connectivity index (χ3v) is 7.76. The smallest absolute Gasteiger partial charge is 0.335 e. The van der Waals surface area contributed by atoms with Gasteiger partial charge in [-0.1, -0.05) is 35.3 Å². The van der Waals surface area contributed by atoms with Crippen molar-refractivity contribution < 1.29 is 28.3 Å². The van der Waals surface area contributed by atoms with Crippen LogP contribution in [0.3, 0.4) is 0 Å². The highest BCUT2D eigenvalue weighted by Gasteiger charge is 2.34. The van der Waals surface area contributed by atoms with Gasteiger partial charge in [0.1, 0.15) is 18.0 Å². The van der Waals surface area contributed by atoms with Gasteiger partial charge in [0.15, 0.2) is 6.17 Å². The van der Waals surface area contributed by atoms with E-state index in [0.29, 0.717) is 22.3 Å². The van der Waals surface area contributed by atoms with E-state index in [-0.39, 0.29) is 44.8 Å². The van der Waals surface area contributed by atoms with Crippen LogP contribution >= 0.6 is 23.2 Å². The van der Waals surface area contributed by atoms with Crippen LogP contribution in [0.2, 0.25) is 5.02 Å². The minimum Gasteiger partial charge on any atom is -0.478 e. The van der Waals surface area contributed by atoms with Crippen LogP contribution in [0.5, 0.6) is 0 Å². The molecular weight excluding hydrogens is 615 g/mol. The summed E-state index contributed by atoms with van der Waals surface area (Å²) in [5.41, 5.74) is 1.89. The molecule has 0 saturated heterocycles. The van der Waals surface area contributed by atoms with Gasteiger partial charge in [0, 0.05) is 12.2 Å². The zero-order valence-electron chi connectivity index (χ0n) is 22.3. The van der Waals surface area contributed by atoms with Crippen molar-refractivity contribution in [1.29, 1.82) is 0 Å². The predicted octanol–water partition coefficient (Wildman–Crippen LogP) is 5.81. The van der Waals surface area contributed by atoms with E-state index >= 15 is 0 Å². The van der Waals surface area contributed by atoms with E-state index < -0.39 is 35.7 Å². The molecule has 1 aromatic heterocycles. The van der Waals surface area contributed by atoms with Crippen molar-refractivity contribution in [2.45, 2.75) is 12.1 Å². The van der Waals surface area contributed by atoms with Crippen molar-refractivity contribution in [3.05, 3.63) is 117 Å². The first kappa shape index (κ1) is 29.1. The number of hydrogen-bond donors (Lipinski definition) is 2. The zero-order chi connectivity index (χ0) is 31.1. The normalized spacial score (nSPS) is 16.8. The maximum absolute atomic E-state index is 14.7. The Hall–Kier alpha value is -5.00. The van der Waals surface area contributed by atoms with Crippen LogP contribution in [0.15, 0.2) is 99.7 Å². The molecule has 1 aliphatic carbocycles.